The Balaban J connectivity index is 1.85. The second-order valence-electron chi connectivity index (χ2n) is 5.89. The third-order valence-corrected chi connectivity index (χ3v) is 4.12. The first-order valence-corrected chi connectivity index (χ1v) is 7.56. The lowest BCUT2D eigenvalue weighted by atomic mass is 9.95. The molecule has 1 fully saturated rings. The van der Waals surface area contributed by atoms with Gasteiger partial charge in [-0.2, -0.15) is 0 Å². The molecule has 0 heterocycles. The molecule has 1 amide bonds. The predicted octanol–water partition coefficient (Wildman–Crippen LogP) is 3.44. The van der Waals surface area contributed by atoms with Crippen molar-refractivity contribution in [2.24, 2.45) is 0 Å². The number of carbonyl (C=O) groups excluding carboxylic acids is 1. The molecule has 1 aromatic rings. The highest BCUT2D eigenvalue weighted by Crippen LogP contribution is 2.22. The SMILES string of the molecule is Cc1cc(C)c(OCC(=O)NC2CCCCC2)cc1C. The number of hydrogen-bond acceptors (Lipinski definition) is 2. The first-order valence-electron chi connectivity index (χ1n) is 7.56. The van der Waals surface area contributed by atoms with Crippen molar-refractivity contribution in [2.75, 3.05) is 6.61 Å². The van der Waals surface area contributed by atoms with Gasteiger partial charge in [0.1, 0.15) is 5.75 Å². The Hall–Kier alpha value is -1.51. The highest BCUT2D eigenvalue weighted by Gasteiger charge is 2.16. The molecule has 1 aliphatic rings. The number of benzene rings is 1. The molecule has 0 spiro atoms. The van der Waals surface area contributed by atoms with Crippen LogP contribution in [-0.2, 0) is 4.79 Å². The van der Waals surface area contributed by atoms with Crippen LogP contribution in [0.1, 0.15) is 48.8 Å². The van der Waals surface area contributed by atoms with Gasteiger partial charge in [-0.1, -0.05) is 25.3 Å². The third-order valence-electron chi connectivity index (χ3n) is 4.12. The van der Waals surface area contributed by atoms with Gasteiger partial charge in [0.05, 0.1) is 0 Å². The van der Waals surface area contributed by atoms with Gasteiger partial charge in [-0.15, -0.1) is 0 Å². The van der Waals surface area contributed by atoms with E-state index >= 15 is 0 Å². The van der Waals surface area contributed by atoms with Gasteiger partial charge >= 0.3 is 0 Å². The molecule has 0 radical (unpaired) electrons. The van der Waals surface area contributed by atoms with Crippen LogP contribution >= 0.6 is 0 Å². The lowest BCUT2D eigenvalue weighted by Crippen LogP contribution is -2.39. The van der Waals surface area contributed by atoms with E-state index in [1.54, 1.807) is 0 Å². The van der Waals surface area contributed by atoms with Crippen molar-refractivity contribution in [3.05, 3.63) is 28.8 Å². The maximum atomic E-state index is 11.9. The fourth-order valence-corrected chi connectivity index (χ4v) is 2.75. The van der Waals surface area contributed by atoms with Crippen LogP contribution in [0.3, 0.4) is 0 Å². The zero-order chi connectivity index (χ0) is 14.5. The summed E-state index contributed by atoms with van der Waals surface area (Å²) in [5.41, 5.74) is 3.53. The van der Waals surface area contributed by atoms with Crippen molar-refractivity contribution in [1.29, 1.82) is 0 Å². The molecule has 2 rings (SSSR count). The Labute approximate surface area is 121 Å². The van der Waals surface area contributed by atoms with Crippen LogP contribution in [0.2, 0.25) is 0 Å². The Kier molecular flexibility index (Phi) is 5.05. The minimum atomic E-state index is -0.00507. The number of aryl methyl sites for hydroxylation is 3. The first kappa shape index (κ1) is 14.9. The minimum Gasteiger partial charge on any atom is -0.483 e. The van der Waals surface area contributed by atoms with Gasteiger partial charge < -0.3 is 10.1 Å². The molecular formula is C17H25NO2. The summed E-state index contributed by atoms with van der Waals surface area (Å²) in [6.45, 7) is 6.27. The zero-order valence-electron chi connectivity index (χ0n) is 12.8. The molecule has 0 aromatic heterocycles. The average molecular weight is 275 g/mol. The van der Waals surface area contributed by atoms with Crippen LogP contribution in [-0.4, -0.2) is 18.6 Å². The normalized spacial score (nSPS) is 15.9. The van der Waals surface area contributed by atoms with E-state index in [0.29, 0.717) is 6.04 Å². The van der Waals surface area contributed by atoms with E-state index in [9.17, 15) is 4.79 Å². The number of rotatable bonds is 4. The molecule has 0 atom stereocenters. The van der Waals surface area contributed by atoms with Crippen molar-refractivity contribution < 1.29 is 9.53 Å². The smallest absolute Gasteiger partial charge is 0.258 e. The topological polar surface area (TPSA) is 38.3 Å². The molecule has 20 heavy (non-hydrogen) atoms. The fourth-order valence-electron chi connectivity index (χ4n) is 2.75. The number of carbonyl (C=O) groups is 1. The quantitative estimate of drug-likeness (QED) is 0.914. The molecule has 1 saturated carbocycles. The maximum Gasteiger partial charge on any atom is 0.258 e. The van der Waals surface area contributed by atoms with Crippen LogP contribution in [0.15, 0.2) is 12.1 Å². The van der Waals surface area contributed by atoms with Crippen molar-refractivity contribution in [3.8, 4) is 5.75 Å². The standard InChI is InChI=1S/C17H25NO2/c1-12-9-14(3)16(10-13(12)2)20-11-17(19)18-15-7-5-4-6-8-15/h9-10,15H,4-8,11H2,1-3H3,(H,18,19). The monoisotopic (exact) mass is 275 g/mol. The summed E-state index contributed by atoms with van der Waals surface area (Å²) in [6, 6.07) is 4.46. The third kappa shape index (κ3) is 3.99. The molecule has 0 bridgehead atoms. The van der Waals surface area contributed by atoms with Crippen LogP contribution in [0, 0.1) is 20.8 Å². The number of amides is 1. The molecule has 1 aliphatic carbocycles. The molecule has 110 valence electrons. The van der Waals surface area contributed by atoms with Gasteiger partial charge in [-0.3, -0.25) is 4.79 Å². The number of hydrogen-bond donors (Lipinski definition) is 1. The largest absolute Gasteiger partial charge is 0.483 e. The minimum absolute atomic E-state index is 0.00507. The van der Waals surface area contributed by atoms with Crippen molar-refractivity contribution in [1.82, 2.24) is 5.32 Å². The summed E-state index contributed by atoms with van der Waals surface area (Å²) in [6.07, 6.45) is 5.96. The molecule has 1 aromatic carbocycles. The molecule has 3 nitrogen and oxygen atoms in total. The molecule has 0 saturated heterocycles. The van der Waals surface area contributed by atoms with Gasteiger partial charge in [-0.25, -0.2) is 0 Å². The Bertz CT molecular complexity index is 476. The van der Waals surface area contributed by atoms with Crippen molar-refractivity contribution in [3.63, 3.8) is 0 Å². The number of ether oxygens (including phenoxy) is 1. The van der Waals surface area contributed by atoms with Gasteiger partial charge in [-0.05, 0) is 56.4 Å². The lowest BCUT2D eigenvalue weighted by molar-refractivity contribution is -0.124. The van der Waals surface area contributed by atoms with E-state index < -0.39 is 0 Å². The molecule has 0 unspecified atom stereocenters. The Morgan fingerprint density at radius 2 is 1.75 bits per heavy atom. The van der Waals surface area contributed by atoms with Gasteiger partial charge in [0, 0.05) is 6.04 Å². The van der Waals surface area contributed by atoms with Crippen LogP contribution in [0.4, 0.5) is 0 Å². The van der Waals surface area contributed by atoms with E-state index in [1.165, 1.54) is 30.4 Å². The molecule has 3 heteroatoms. The number of nitrogens with one attached hydrogen (secondary N) is 1. The molecule has 0 aliphatic heterocycles. The van der Waals surface area contributed by atoms with Crippen molar-refractivity contribution in [2.45, 2.75) is 58.9 Å². The summed E-state index contributed by atoms with van der Waals surface area (Å²) in [4.78, 5) is 11.9. The van der Waals surface area contributed by atoms with Gasteiger partial charge in [0.2, 0.25) is 0 Å². The van der Waals surface area contributed by atoms with E-state index in [-0.39, 0.29) is 12.5 Å². The molecule has 1 N–H and O–H groups in total. The summed E-state index contributed by atoms with van der Waals surface area (Å²) in [7, 11) is 0. The second-order valence-corrected chi connectivity index (χ2v) is 5.89. The second kappa shape index (κ2) is 6.78. The van der Waals surface area contributed by atoms with Crippen LogP contribution < -0.4 is 10.1 Å². The Morgan fingerprint density at radius 1 is 1.10 bits per heavy atom. The van der Waals surface area contributed by atoms with E-state index in [1.807, 2.05) is 13.0 Å². The maximum absolute atomic E-state index is 11.9. The summed E-state index contributed by atoms with van der Waals surface area (Å²) in [5, 5.41) is 3.07. The lowest BCUT2D eigenvalue weighted by Gasteiger charge is -2.22. The Morgan fingerprint density at radius 3 is 2.45 bits per heavy atom. The first-order chi connectivity index (χ1) is 9.56. The highest BCUT2D eigenvalue weighted by atomic mass is 16.5. The summed E-state index contributed by atoms with van der Waals surface area (Å²) < 4.78 is 5.66. The van der Waals surface area contributed by atoms with Gasteiger partial charge in [0.25, 0.3) is 5.91 Å². The summed E-state index contributed by atoms with van der Waals surface area (Å²) >= 11 is 0. The highest BCUT2D eigenvalue weighted by molar-refractivity contribution is 5.77. The van der Waals surface area contributed by atoms with Crippen LogP contribution in [0.25, 0.3) is 0 Å². The van der Waals surface area contributed by atoms with E-state index in [2.05, 4.69) is 25.2 Å². The summed E-state index contributed by atoms with van der Waals surface area (Å²) in [5.74, 6) is 0.807. The predicted molar refractivity (Wildman–Crippen MR) is 81.2 cm³/mol. The fraction of sp³-hybridized carbons (Fsp3) is 0.588. The van der Waals surface area contributed by atoms with E-state index in [4.69, 9.17) is 4.74 Å². The zero-order valence-corrected chi connectivity index (χ0v) is 12.8. The molecular weight excluding hydrogens is 250 g/mol. The van der Waals surface area contributed by atoms with Crippen molar-refractivity contribution >= 4 is 5.91 Å². The van der Waals surface area contributed by atoms with Crippen LogP contribution in [0.5, 0.6) is 5.75 Å². The van der Waals surface area contributed by atoms with E-state index in [0.717, 1.165) is 24.2 Å². The average Bonchev–Trinajstić information content (AvgIpc) is 2.42. The van der Waals surface area contributed by atoms with Gasteiger partial charge in [0.15, 0.2) is 6.61 Å².